The topological polar surface area (TPSA) is 83.3 Å². The summed E-state index contributed by atoms with van der Waals surface area (Å²) >= 11 is 1.62. The van der Waals surface area contributed by atoms with Crippen LogP contribution in [0, 0.1) is 35.0 Å². The summed E-state index contributed by atoms with van der Waals surface area (Å²) in [7, 11) is 0. The quantitative estimate of drug-likeness (QED) is 0.273. The predicted octanol–water partition coefficient (Wildman–Crippen LogP) is -5.08. The van der Waals surface area contributed by atoms with Crippen LogP contribution >= 0.6 is 11.8 Å². The van der Waals surface area contributed by atoms with Gasteiger partial charge in [-0.2, -0.15) is 0 Å². The van der Waals surface area contributed by atoms with Crippen LogP contribution in [0.3, 0.4) is 0 Å². The Morgan fingerprint density at radius 1 is 1.38 bits per heavy atom. The largest absolute Gasteiger partial charge is 1.00 e. The summed E-state index contributed by atoms with van der Waals surface area (Å²) < 4.78 is 0. The summed E-state index contributed by atoms with van der Waals surface area (Å²) in [6, 6.07) is 3.97. The Bertz CT molecular complexity index is 704. The summed E-state index contributed by atoms with van der Waals surface area (Å²) in [6.07, 6.45) is 4.86. The molecule has 6 rings (SSSR count). The van der Waals surface area contributed by atoms with Crippen molar-refractivity contribution in [1.29, 1.82) is 5.41 Å². The number of thioether (sulfide) groups is 1. The molecule has 0 radical (unpaired) electrons. The van der Waals surface area contributed by atoms with Gasteiger partial charge in [-0.3, -0.25) is 5.41 Å². The van der Waals surface area contributed by atoms with Crippen molar-refractivity contribution in [1.82, 2.24) is 9.97 Å². The second-order valence-electron chi connectivity index (χ2n) is 7.03. The van der Waals surface area contributed by atoms with E-state index < -0.39 is 0 Å². The molecule has 4 aliphatic carbocycles. The van der Waals surface area contributed by atoms with Crippen molar-refractivity contribution in [3.8, 4) is 0 Å². The van der Waals surface area contributed by atoms with Gasteiger partial charge in [-0.1, -0.05) is 0 Å². The molecule has 4 bridgehead atoms. The molecule has 2 aromatic rings. The summed E-state index contributed by atoms with van der Waals surface area (Å²) in [5, 5.41) is 11.2. The van der Waals surface area contributed by atoms with Gasteiger partial charge in [0.25, 0.3) is 5.16 Å². The number of fused-ring (bicyclic) bond motifs is 1. The summed E-state index contributed by atoms with van der Waals surface area (Å²) in [4.78, 5) is 10.9. The van der Waals surface area contributed by atoms with Crippen molar-refractivity contribution in [2.75, 3.05) is 12.3 Å². The number of imidazole rings is 1. The van der Waals surface area contributed by atoms with Crippen LogP contribution in [0.15, 0.2) is 23.5 Å². The van der Waals surface area contributed by atoms with Gasteiger partial charge >= 0.3 is 5.65 Å². The highest BCUT2D eigenvalue weighted by Crippen LogP contribution is 2.72. The number of pyridine rings is 1. The molecule has 3 atom stereocenters. The lowest BCUT2D eigenvalue weighted by Crippen LogP contribution is -3.00. The first-order valence-corrected chi connectivity index (χ1v) is 9.18. The number of hydrogen-bond acceptors (Lipinski definition) is 3. The van der Waals surface area contributed by atoms with E-state index in [1.165, 1.54) is 12.8 Å². The molecule has 0 aromatic carbocycles. The standard InChI is InChI=1S/C16H19N5S.2ClH/c17-13(19-6-11-8-4-9-10(5-8)14(9)11)7-22-16-20-12-2-1-3-18-15(12)21-16;;/h1-3,8-11,14H,4-7H2,(H2,17,19)(H,18,20,21);2*1H. The predicted molar refractivity (Wildman–Crippen MR) is 84.6 cm³/mol. The van der Waals surface area contributed by atoms with E-state index in [1.54, 1.807) is 11.8 Å². The van der Waals surface area contributed by atoms with Crippen LogP contribution in [0.2, 0.25) is 0 Å². The minimum absolute atomic E-state index is 0. The zero-order valence-corrected chi connectivity index (χ0v) is 15.5. The SMILES string of the molecule is N=C(CSc1nc2[nH+]cccc2[nH]1)[NH2+]CC1C2CC3C(C2)C13.[Cl-].[Cl-]. The van der Waals surface area contributed by atoms with Crippen molar-refractivity contribution in [3.05, 3.63) is 18.3 Å². The van der Waals surface area contributed by atoms with Crippen LogP contribution in [-0.4, -0.2) is 28.1 Å². The van der Waals surface area contributed by atoms with Crippen molar-refractivity contribution >= 4 is 28.8 Å². The molecule has 0 amide bonds. The van der Waals surface area contributed by atoms with Gasteiger partial charge in [-0.15, -0.1) is 0 Å². The Hall–Kier alpha value is -0.820. The van der Waals surface area contributed by atoms with Gasteiger partial charge in [0.1, 0.15) is 5.52 Å². The van der Waals surface area contributed by atoms with Gasteiger partial charge in [0.2, 0.25) is 5.84 Å². The highest BCUT2D eigenvalue weighted by molar-refractivity contribution is 7.99. The molecule has 24 heavy (non-hydrogen) atoms. The third kappa shape index (κ3) is 2.94. The minimum Gasteiger partial charge on any atom is -1.00 e. The number of rotatable bonds is 5. The Balaban J connectivity index is 0.000000845. The van der Waals surface area contributed by atoms with Gasteiger partial charge in [0, 0.05) is 5.92 Å². The molecule has 5 nitrogen and oxygen atoms in total. The number of aromatic nitrogens is 3. The van der Waals surface area contributed by atoms with Crippen LogP contribution in [0.25, 0.3) is 11.2 Å². The Labute approximate surface area is 157 Å². The van der Waals surface area contributed by atoms with Crippen LogP contribution in [0.4, 0.5) is 0 Å². The van der Waals surface area contributed by atoms with Gasteiger partial charge in [-0.05, 0) is 65.4 Å². The van der Waals surface area contributed by atoms with Crippen molar-refractivity contribution in [2.45, 2.75) is 18.0 Å². The lowest BCUT2D eigenvalue weighted by molar-refractivity contribution is -0.550. The molecule has 4 fully saturated rings. The van der Waals surface area contributed by atoms with Gasteiger partial charge in [0.05, 0.1) is 18.5 Å². The normalized spacial score (nSPS) is 31.6. The van der Waals surface area contributed by atoms with E-state index in [1.807, 2.05) is 18.3 Å². The fourth-order valence-corrected chi connectivity index (χ4v) is 5.75. The van der Waals surface area contributed by atoms with Crippen molar-refractivity contribution in [3.63, 3.8) is 0 Å². The number of aromatic amines is 2. The van der Waals surface area contributed by atoms with E-state index in [0.29, 0.717) is 5.75 Å². The number of halogens is 2. The van der Waals surface area contributed by atoms with E-state index in [4.69, 9.17) is 5.41 Å². The molecule has 2 heterocycles. The molecular formula is C16H21Cl2N5S. The van der Waals surface area contributed by atoms with Crippen LogP contribution in [-0.2, 0) is 0 Å². The molecule has 4 saturated carbocycles. The maximum atomic E-state index is 8.17. The molecule has 4 aliphatic rings. The van der Waals surface area contributed by atoms with Crippen LogP contribution < -0.4 is 35.1 Å². The molecular weight excluding hydrogens is 365 g/mol. The minimum atomic E-state index is 0. The van der Waals surface area contributed by atoms with Gasteiger partial charge < -0.3 is 35.1 Å². The second kappa shape index (κ2) is 6.83. The molecule has 0 aliphatic heterocycles. The Kier molecular flexibility index (Phi) is 5.12. The van der Waals surface area contributed by atoms with E-state index >= 15 is 0 Å². The fourth-order valence-electron chi connectivity index (χ4n) is 5.00. The van der Waals surface area contributed by atoms with E-state index in [2.05, 4.69) is 20.3 Å². The second-order valence-corrected chi connectivity index (χ2v) is 7.99. The number of quaternary nitrogens is 1. The smallest absolute Gasteiger partial charge is 0.347 e. The number of nitrogens with one attached hydrogen (secondary N) is 3. The van der Waals surface area contributed by atoms with E-state index in [-0.39, 0.29) is 24.8 Å². The maximum Gasteiger partial charge on any atom is 0.347 e. The third-order valence-corrected chi connectivity index (χ3v) is 6.86. The average molecular weight is 386 g/mol. The molecule has 0 spiro atoms. The lowest BCUT2D eigenvalue weighted by Gasteiger charge is -2.12. The first-order valence-electron chi connectivity index (χ1n) is 8.19. The highest BCUT2D eigenvalue weighted by atomic mass is 35.5. The highest BCUT2D eigenvalue weighted by Gasteiger charge is 2.68. The summed E-state index contributed by atoms with van der Waals surface area (Å²) in [6.45, 7) is 1.13. The average Bonchev–Trinajstić information content (AvgIpc) is 3.02. The number of nitrogens with two attached hydrogens (primary N) is 1. The number of nitrogens with zero attached hydrogens (tertiary/aromatic N) is 1. The number of hydrogen-bond donors (Lipinski definition) is 3. The van der Waals surface area contributed by atoms with E-state index in [0.717, 1.165) is 58.3 Å². The van der Waals surface area contributed by atoms with Crippen molar-refractivity contribution in [2.24, 2.45) is 29.6 Å². The van der Waals surface area contributed by atoms with Crippen LogP contribution in [0.5, 0.6) is 0 Å². The Morgan fingerprint density at radius 3 is 2.83 bits per heavy atom. The summed E-state index contributed by atoms with van der Waals surface area (Å²) in [5.41, 5.74) is 1.90. The molecule has 0 saturated heterocycles. The zero-order chi connectivity index (χ0) is 14.7. The van der Waals surface area contributed by atoms with Crippen LogP contribution in [0.1, 0.15) is 12.8 Å². The zero-order valence-electron chi connectivity index (χ0n) is 13.1. The maximum absolute atomic E-state index is 8.17. The monoisotopic (exact) mass is 385 g/mol. The number of H-pyrrole nitrogens is 2. The Morgan fingerprint density at radius 2 is 2.17 bits per heavy atom. The van der Waals surface area contributed by atoms with Gasteiger partial charge in [0.15, 0.2) is 0 Å². The first-order chi connectivity index (χ1) is 10.8. The van der Waals surface area contributed by atoms with Gasteiger partial charge in [-0.25, -0.2) is 4.98 Å². The van der Waals surface area contributed by atoms with E-state index in [9.17, 15) is 0 Å². The molecule has 2 aromatic heterocycles. The fraction of sp³-hybridized carbons (Fsp3) is 0.562. The number of amidine groups is 1. The lowest BCUT2D eigenvalue weighted by atomic mass is 9.98. The first kappa shape index (κ1) is 18.0. The molecule has 3 unspecified atom stereocenters. The molecule has 8 heteroatoms. The van der Waals surface area contributed by atoms with Crippen molar-refractivity contribution < 1.29 is 35.1 Å². The molecule has 5 N–H and O–H groups in total. The third-order valence-electron chi connectivity index (χ3n) is 5.94. The summed E-state index contributed by atoms with van der Waals surface area (Å²) in [5.74, 6) is 6.54. The molecule has 130 valence electrons.